The second-order valence-corrected chi connectivity index (χ2v) is 6.42. The molecular weight excluding hydrogens is 429 g/mol. The zero-order valence-electron chi connectivity index (χ0n) is 13.7. The first kappa shape index (κ1) is 18.9. The lowest BCUT2D eigenvalue weighted by Gasteiger charge is -2.05. The molecule has 0 spiro atoms. The zero-order chi connectivity index (χ0) is 18.1. The molecule has 0 fully saturated rings. The van der Waals surface area contributed by atoms with Gasteiger partial charge in [-0.15, -0.1) is 0 Å². The van der Waals surface area contributed by atoms with Gasteiger partial charge in [0.05, 0.1) is 18.3 Å². The van der Waals surface area contributed by atoms with Crippen LogP contribution in [0.2, 0.25) is 0 Å². The van der Waals surface area contributed by atoms with E-state index in [4.69, 9.17) is 0 Å². The number of nitrogens with one attached hydrogen (secondary N) is 2. The first-order valence-electron chi connectivity index (χ1n) is 7.64. The Balaban J connectivity index is 1.80. The Morgan fingerprint density at radius 1 is 1.08 bits per heavy atom. The van der Waals surface area contributed by atoms with Gasteiger partial charge in [0.2, 0.25) is 0 Å². The quantitative estimate of drug-likeness (QED) is 0.406. The maximum Gasteiger partial charge on any atom is 0.259 e. The number of benzene rings is 2. The number of hydrogen-bond acceptors (Lipinski definition) is 3. The molecule has 2 aromatic carbocycles. The molecule has 25 heavy (non-hydrogen) atoms. The van der Waals surface area contributed by atoms with Crippen molar-refractivity contribution >= 4 is 46.7 Å². The van der Waals surface area contributed by atoms with Crippen LogP contribution in [-0.2, 0) is 4.79 Å². The van der Waals surface area contributed by atoms with Gasteiger partial charge in [-0.25, -0.2) is 5.43 Å². The topological polar surface area (TPSA) is 70.6 Å². The average Bonchev–Trinajstić information content (AvgIpc) is 2.61. The number of carbonyl (C=O) groups is 2. The van der Waals surface area contributed by atoms with Crippen molar-refractivity contribution in [2.45, 2.75) is 6.92 Å². The summed E-state index contributed by atoms with van der Waals surface area (Å²) in [7, 11) is 0. The lowest BCUT2D eigenvalue weighted by molar-refractivity contribution is -0.120. The summed E-state index contributed by atoms with van der Waals surface area (Å²) in [6.45, 7) is 1.75. The zero-order valence-corrected chi connectivity index (χ0v) is 15.9. The average molecular weight is 447 g/mol. The number of halogens is 1. The summed E-state index contributed by atoms with van der Waals surface area (Å²) in [5, 5.41) is 6.46. The summed E-state index contributed by atoms with van der Waals surface area (Å²) in [6.07, 6.45) is 3.52. The van der Waals surface area contributed by atoms with E-state index in [-0.39, 0.29) is 18.4 Å². The molecule has 0 atom stereocenters. The molecule has 5 nitrogen and oxygen atoms in total. The van der Waals surface area contributed by atoms with Crippen molar-refractivity contribution in [2.75, 3.05) is 6.54 Å². The first-order chi connectivity index (χ1) is 12.1. The molecule has 0 unspecified atom stereocenters. The van der Waals surface area contributed by atoms with Crippen molar-refractivity contribution in [3.05, 3.63) is 74.9 Å². The van der Waals surface area contributed by atoms with E-state index in [0.717, 1.165) is 14.7 Å². The van der Waals surface area contributed by atoms with Crippen molar-refractivity contribution in [3.8, 4) is 0 Å². The lowest BCUT2D eigenvalue weighted by Crippen LogP contribution is -2.35. The number of allylic oxidation sites excluding steroid dienone is 1. The highest BCUT2D eigenvalue weighted by atomic mass is 127. The maximum atomic E-state index is 12.0. The van der Waals surface area contributed by atoms with Gasteiger partial charge in [0.1, 0.15) is 0 Å². The molecule has 0 bridgehead atoms. The molecule has 2 rings (SSSR count). The minimum absolute atomic E-state index is 0.136. The molecule has 0 aromatic heterocycles. The van der Waals surface area contributed by atoms with Gasteiger partial charge < -0.3 is 5.32 Å². The summed E-state index contributed by atoms with van der Waals surface area (Å²) in [4.78, 5) is 23.8. The van der Waals surface area contributed by atoms with E-state index in [1.54, 1.807) is 18.3 Å². The van der Waals surface area contributed by atoms with Crippen molar-refractivity contribution < 1.29 is 9.59 Å². The van der Waals surface area contributed by atoms with Gasteiger partial charge in [0.15, 0.2) is 0 Å². The second kappa shape index (κ2) is 9.73. The largest absolute Gasteiger partial charge is 0.343 e. The predicted molar refractivity (Wildman–Crippen MR) is 108 cm³/mol. The first-order valence-corrected chi connectivity index (χ1v) is 8.72. The Morgan fingerprint density at radius 3 is 2.48 bits per heavy atom. The monoisotopic (exact) mass is 447 g/mol. The van der Waals surface area contributed by atoms with E-state index in [9.17, 15) is 9.59 Å². The summed E-state index contributed by atoms with van der Waals surface area (Å²) in [6, 6.07) is 17.0. The Labute approximate surface area is 160 Å². The third-order valence-corrected chi connectivity index (χ3v) is 4.12. The van der Waals surface area contributed by atoms with Gasteiger partial charge in [0, 0.05) is 3.57 Å². The highest BCUT2D eigenvalue weighted by Gasteiger charge is 2.10. The molecule has 0 saturated heterocycles. The Morgan fingerprint density at radius 2 is 1.76 bits per heavy atom. The van der Waals surface area contributed by atoms with Crippen molar-refractivity contribution in [2.24, 2.45) is 5.10 Å². The third kappa shape index (κ3) is 6.50. The molecule has 0 aliphatic rings. The number of carbonyl (C=O) groups excluding carboxylic acids is 2. The number of nitrogens with zero attached hydrogens (tertiary/aromatic N) is 1. The number of rotatable bonds is 6. The minimum atomic E-state index is -0.386. The van der Waals surface area contributed by atoms with Crippen LogP contribution in [0.25, 0.3) is 6.08 Å². The third-order valence-electron chi connectivity index (χ3n) is 3.18. The number of hydrazone groups is 1. The fourth-order valence-electron chi connectivity index (χ4n) is 2.00. The highest BCUT2D eigenvalue weighted by molar-refractivity contribution is 14.1. The van der Waals surface area contributed by atoms with Crippen LogP contribution in [0.5, 0.6) is 0 Å². The summed E-state index contributed by atoms with van der Waals surface area (Å²) >= 11 is 2.08. The van der Waals surface area contributed by atoms with Gasteiger partial charge in [0.25, 0.3) is 11.8 Å². The molecule has 0 aliphatic heterocycles. The molecule has 0 radical (unpaired) electrons. The second-order valence-electron chi connectivity index (χ2n) is 5.25. The Hall–Kier alpha value is -2.48. The van der Waals surface area contributed by atoms with Crippen LogP contribution in [0.15, 0.2) is 65.3 Å². The fourth-order valence-corrected chi connectivity index (χ4v) is 2.63. The molecular formula is C19H18IN3O2. The van der Waals surface area contributed by atoms with E-state index < -0.39 is 0 Å². The minimum Gasteiger partial charge on any atom is -0.343 e. The molecule has 6 heteroatoms. The number of hydrogen-bond donors (Lipinski definition) is 2. The van der Waals surface area contributed by atoms with Crippen LogP contribution < -0.4 is 10.7 Å². The van der Waals surface area contributed by atoms with Crippen LogP contribution in [0.4, 0.5) is 0 Å². The molecule has 0 aliphatic carbocycles. The number of amides is 2. The Kier molecular flexibility index (Phi) is 7.34. The summed E-state index contributed by atoms with van der Waals surface area (Å²) in [5.74, 6) is -0.674. The van der Waals surface area contributed by atoms with Gasteiger partial charge >= 0.3 is 0 Å². The molecule has 2 N–H and O–H groups in total. The lowest BCUT2D eigenvalue weighted by atomic mass is 10.1. The standard InChI is InChI=1S/C19H18IN3O2/c1-14(11-15-7-3-2-4-8-15)12-22-23-18(24)13-21-19(25)16-9-5-6-10-17(16)20/h2-12H,13H2,1H3,(H,21,25)(H,23,24)/b14-11-,22-12-. The van der Waals surface area contributed by atoms with Crippen molar-refractivity contribution in [3.63, 3.8) is 0 Å². The van der Waals surface area contributed by atoms with E-state index in [0.29, 0.717) is 5.56 Å². The van der Waals surface area contributed by atoms with Crippen molar-refractivity contribution in [1.82, 2.24) is 10.7 Å². The van der Waals surface area contributed by atoms with E-state index >= 15 is 0 Å². The van der Waals surface area contributed by atoms with E-state index in [1.165, 1.54) is 0 Å². The summed E-state index contributed by atoms with van der Waals surface area (Å²) in [5.41, 5.74) is 4.89. The maximum absolute atomic E-state index is 12.0. The van der Waals surface area contributed by atoms with E-state index in [2.05, 4.69) is 38.4 Å². The van der Waals surface area contributed by atoms with Crippen LogP contribution in [-0.4, -0.2) is 24.6 Å². The van der Waals surface area contributed by atoms with Gasteiger partial charge in [-0.2, -0.15) is 5.10 Å². The van der Waals surface area contributed by atoms with Gasteiger partial charge in [-0.05, 0) is 52.8 Å². The highest BCUT2D eigenvalue weighted by Crippen LogP contribution is 2.10. The predicted octanol–water partition coefficient (Wildman–Crippen LogP) is 3.23. The molecule has 2 amide bonds. The molecule has 0 heterocycles. The Bertz CT molecular complexity index is 801. The van der Waals surface area contributed by atoms with E-state index in [1.807, 2.05) is 55.5 Å². The van der Waals surface area contributed by atoms with Crippen LogP contribution in [0.1, 0.15) is 22.8 Å². The summed E-state index contributed by atoms with van der Waals surface area (Å²) < 4.78 is 0.831. The van der Waals surface area contributed by atoms with Crippen LogP contribution in [0.3, 0.4) is 0 Å². The smallest absolute Gasteiger partial charge is 0.259 e. The van der Waals surface area contributed by atoms with Crippen LogP contribution in [0, 0.1) is 3.57 Å². The van der Waals surface area contributed by atoms with Gasteiger partial charge in [-0.1, -0.05) is 48.5 Å². The molecule has 0 saturated carbocycles. The fraction of sp³-hybridized carbons (Fsp3) is 0.105. The van der Waals surface area contributed by atoms with Crippen molar-refractivity contribution in [1.29, 1.82) is 0 Å². The van der Waals surface area contributed by atoms with Gasteiger partial charge in [-0.3, -0.25) is 9.59 Å². The molecule has 128 valence electrons. The normalized spacial score (nSPS) is 11.4. The van der Waals surface area contributed by atoms with Crippen LogP contribution >= 0.6 is 22.6 Å². The SMILES string of the molecule is CC(/C=N\NC(=O)CNC(=O)c1ccccc1I)=C/c1ccccc1. The molecule has 2 aromatic rings.